The summed E-state index contributed by atoms with van der Waals surface area (Å²) in [6.07, 6.45) is 1.45. The Balaban J connectivity index is 1.84. The van der Waals surface area contributed by atoms with Crippen LogP contribution in [0.2, 0.25) is 10.0 Å². The second kappa shape index (κ2) is 5.79. The molecule has 5 nitrogen and oxygen atoms in total. The van der Waals surface area contributed by atoms with Crippen molar-refractivity contribution in [3.05, 3.63) is 46.1 Å². The van der Waals surface area contributed by atoms with Gasteiger partial charge in [-0.05, 0) is 24.3 Å². The molecule has 0 aliphatic carbocycles. The Bertz CT molecular complexity index is 689. The first-order valence-corrected chi connectivity index (χ1v) is 6.91. The van der Waals surface area contributed by atoms with E-state index in [1.54, 1.807) is 18.2 Å². The van der Waals surface area contributed by atoms with Crippen molar-refractivity contribution in [2.75, 3.05) is 18.5 Å². The third-order valence-electron chi connectivity index (χ3n) is 2.83. The summed E-state index contributed by atoms with van der Waals surface area (Å²) >= 11 is 11.8. The minimum Gasteiger partial charge on any atom is -0.486 e. The fourth-order valence-corrected chi connectivity index (χ4v) is 2.26. The maximum Gasteiger partial charge on any atom is 0.257 e. The first kappa shape index (κ1) is 14.0. The van der Waals surface area contributed by atoms with Crippen LogP contribution in [-0.4, -0.2) is 24.1 Å². The highest BCUT2D eigenvalue weighted by atomic mass is 35.5. The van der Waals surface area contributed by atoms with E-state index in [2.05, 4.69) is 10.3 Å². The molecule has 1 amide bonds. The Morgan fingerprint density at radius 2 is 2.00 bits per heavy atom. The molecule has 2 heterocycles. The Kier molecular flexibility index (Phi) is 3.86. The highest BCUT2D eigenvalue weighted by Crippen LogP contribution is 2.38. The van der Waals surface area contributed by atoms with Crippen molar-refractivity contribution >= 4 is 34.9 Å². The molecular weight excluding hydrogens is 315 g/mol. The summed E-state index contributed by atoms with van der Waals surface area (Å²) in [5.41, 5.74) is 0.362. The van der Waals surface area contributed by atoms with E-state index in [1.165, 1.54) is 12.3 Å². The van der Waals surface area contributed by atoms with Gasteiger partial charge in [-0.1, -0.05) is 23.2 Å². The lowest BCUT2D eigenvalue weighted by molar-refractivity contribution is 0.102. The zero-order valence-electron chi connectivity index (χ0n) is 10.7. The summed E-state index contributed by atoms with van der Waals surface area (Å²) in [6.45, 7) is 0.861. The van der Waals surface area contributed by atoms with Crippen LogP contribution >= 0.6 is 23.2 Å². The Labute approximate surface area is 130 Å². The second-order valence-electron chi connectivity index (χ2n) is 4.30. The lowest BCUT2D eigenvalue weighted by atomic mass is 10.1. The SMILES string of the molecule is O=C(Nc1ccc(Cl)cn1)c1cc(Cl)c2c(c1)OCCO2. The van der Waals surface area contributed by atoms with Crippen molar-refractivity contribution in [1.29, 1.82) is 0 Å². The van der Waals surface area contributed by atoms with Gasteiger partial charge in [0.2, 0.25) is 0 Å². The molecule has 21 heavy (non-hydrogen) atoms. The summed E-state index contributed by atoms with van der Waals surface area (Å²) in [5.74, 6) is 0.978. The van der Waals surface area contributed by atoms with Crippen molar-refractivity contribution in [3.8, 4) is 11.5 Å². The number of carbonyl (C=O) groups excluding carboxylic acids is 1. The molecule has 0 unspecified atom stereocenters. The summed E-state index contributed by atoms with van der Waals surface area (Å²) < 4.78 is 10.8. The van der Waals surface area contributed by atoms with Gasteiger partial charge >= 0.3 is 0 Å². The number of hydrogen-bond donors (Lipinski definition) is 1. The summed E-state index contributed by atoms with van der Waals surface area (Å²) in [5, 5.41) is 3.49. The van der Waals surface area contributed by atoms with E-state index in [-0.39, 0.29) is 5.91 Å². The maximum absolute atomic E-state index is 12.2. The van der Waals surface area contributed by atoms with Gasteiger partial charge in [0.05, 0.1) is 10.0 Å². The molecule has 1 aromatic carbocycles. The summed E-state index contributed by atoms with van der Waals surface area (Å²) in [4.78, 5) is 16.2. The number of nitrogens with zero attached hydrogens (tertiary/aromatic N) is 1. The lowest BCUT2D eigenvalue weighted by Gasteiger charge is -2.20. The van der Waals surface area contributed by atoms with E-state index in [0.717, 1.165) is 0 Å². The second-order valence-corrected chi connectivity index (χ2v) is 5.14. The van der Waals surface area contributed by atoms with Crippen LogP contribution in [0.15, 0.2) is 30.5 Å². The molecule has 1 aliphatic rings. The van der Waals surface area contributed by atoms with Crippen LogP contribution in [-0.2, 0) is 0 Å². The van der Waals surface area contributed by atoms with Crippen LogP contribution < -0.4 is 14.8 Å². The van der Waals surface area contributed by atoms with E-state index in [1.807, 2.05) is 0 Å². The lowest BCUT2D eigenvalue weighted by Crippen LogP contribution is -2.18. The average molecular weight is 325 g/mol. The van der Waals surface area contributed by atoms with Gasteiger partial charge in [0.15, 0.2) is 11.5 Å². The van der Waals surface area contributed by atoms with Crippen molar-refractivity contribution < 1.29 is 14.3 Å². The Morgan fingerprint density at radius 1 is 1.19 bits per heavy atom. The molecule has 108 valence electrons. The Hall–Kier alpha value is -1.98. The molecule has 1 aromatic heterocycles. The number of benzene rings is 1. The van der Waals surface area contributed by atoms with Crippen molar-refractivity contribution in [2.24, 2.45) is 0 Å². The monoisotopic (exact) mass is 324 g/mol. The number of ether oxygens (including phenoxy) is 2. The van der Waals surface area contributed by atoms with Gasteiger partial charge in [-0.2, -0.15) is 0 Å². The standard InChI is InChI=1S/C14H10Cl2N2O3/c15-9-1-2-12(17-7-9)18-14(19)8-5-10(16)13-11(6-8)20-3-4-21-13/h1-2,5-7H,3-4H2,(H,17,18,19). The van der Waals surface area contributed by atoms with Crippen molar-refractivity contribution in [2.45, 2.75) is 0 Å². The number of aromatic nitrogens is 1. The molecule has 0 saturated carbocycles. The van der Waals surface area contributed by atoms with E-state index >= 15 is 0 Å². The number of halogens is 2. The van der Waals surface area contributed by atoms with Crippen LogP contribution in [0.4, 0.5) is 5.82 Å². The maximum atomic E-state index is 12.2. The van der Waals surface area contributed by atoms with E-state index in [4.69, 9.17) is 32.7 Å². The molecule has 0 fully saturated rings. The molecule has 0 radical (unpaired) electrons. The normalized spacial score (nSPS) is 12.9. The number of anilines is 1. The van der Waals surface area contributed by atoms with Gasteiger partial charge in [-0.3, -0.25) is 4.79 Å². The van der Waals surface area contributed by atoms with Crippen LogP contribution in [0, 0.1) is 0 Å². The van der Waals surface area contributed by atoms with Gasteiger partial charge in [0, 0.05) is 11.8 Å². The molecule has 7 heteroatoms. The quantitative estimate of drug-likeness (QED) is 0.919. The highest BCUT2D eigenvalue weighted by Gasteiger charge is 2.19. The molecule has 2 aromatic rings. The molecule has 0 bridgehead atoms. The zero-order valence-corrected chi connectivity index (χ0v) is 12.2. The zero-order chi connectivity index (χ0) is 14.8. The molecular formula is C14H10Cl2N2O3. The highest BCUT2D eigenvalue weighted by molar-refractivity contribution is 6.33. The largest absolute Gasteiger partial charge is 0.486 e. The number of fused-ring (bicyclic) bond motifs is 1. The summed E-state index contributed by atoms with van der Waals surface area (Å²) in [6, 6.07) is 6.37. The average Bonchev–Trinajstić information content (AvgIpc) is 2.49. The number of pyridine rings is 1. The van der Waals surface area contributed by atoms with E-state index in [0.29, 0.717) is 46.1 Å². The predicted molar refractivity (Wildman–Crippen MR) is 79.6 cm³/mol. The molecule has 0 saturated heterocycles. The van der Waals surface area contributed by atoms with Crippen LogP contribution in [0.25, 0.3) is 0 Å². The number of amides is 1. The van der Waals surface area contributed by atoms with E-state index in [9.17, 15) is 4.79 Å². The van der Waals surface area contributed by atoms with Crippen molar-refractivity contribution in [1.82, 2.24) is 4.98 Å². The topological polar surface area (TPSA) is 60.5 Å². The molecule has 1 N–H and O–H groups in total. The van der Waals surface area contributed by atoms with Crippen LogP contribution in [0.1, 0.15) is 10.4 Å². The van der Waals surface area contributed by atoms with Gasteiger partial charge in [0.25, 0.3) is 5.91 Å². The molecule has 0 spiro atoms. The molecule has 0 atom stereocenters. The minimum atomic E-state index is -0.344. The smallest absolute Gasteiger partial charge is 0.257 e. The first-order valence-electron chi connectivity index (χ1n) is 6.15. The third-order valence-corrected chi connectivity index (χ3v) is 3.33. The third kappa shape index (κ3) is 3.04. The summed E-state index contributed by atoms with van der Waals surface area (Å²) in [7, 11) is 0. The van der Waals surface area contributed by atoms with E-state index < -0.39 is 0 Å². The minimum absolute atomic E-state index is 0.335. The van der Waals surface area contributed by atoms with Gasteiger partial charge in [-0.25, -0.2) is 4.98 Å². The number of carbonyl (C=O) groups is 1. The fraction of sp³-hybridized carbons (Fsp3) is 0.143. The number of rotatable bonds is 2. The first-order chi connectivity index (χ1) is 10.1. The number of nitrogens with one attached hydrogen (secondary N) is 1. The number of hydrogen-bond acceptors (Lipinski definition) is 4. The van der Waals surface area contributed by atoms with Crippen molar-refractivity contribution in [3.63, 3.8) is 0 Å². The Morgan fingerprint density at radius 3 is 2.76 bits per heavy atom. The van der Waals surface area contributed by atoms with Gasteiger partial charge in [-0.15, -0.1) is 0 Å². The van der Waals surface area contributed by atoms with Gasteiger partial charge < -0.3 is 14.8 Å². The van der Waals surface area contributed by atoms with Crippen LogP contribution in [0.3, 0.4) is 0 Å². The fourth-order valence-electron chi connectivity index (χ4n) is 1.88. The van der Waals surface area contributed by atoms with Gasteiger partial charge in [0.1, 0.15) is 19.0 Å². The molecule has 3 rings (SSSR count). The predicted octanol–water partition coefficient (Wildman–Crippen LogP) is 3.41. The molecule has 1 aliphatic heterocycles. The van der Waals surface area contributed by atoms with Crippen LogP contribution in [0.5, 0.6) is 11.5 Å².